The van der Waals surface area contributed by atoms with Crippen LogP contribution in [-0.4, -0.2) is 56.8 Å². The van der Waals surface area contributed by atoms with Crippen LogP contribution in [0.2, 0.25) is 0 Å². The van der Waals surface area contributed by atoms with E-state index in [1.54, 1.807) is 36.3 Å². The number of sulfonamides is 1. The van der Waals surface area contributed by atoms with Gasteiger partial charge in [0.15, 0.2) is 0 Å². The van der Waals surface area contributed by atoms with Crippen molar-refractivity contribution in [3.63, 3.8) is 0 Å². The summed E-state index contributed by atoms with van der Waals surface area (Å²) in [5, 5.41) is 0. The standard InChI is InChI=1S/C21H26N2O4S/c1-17(18-6-4-3-5-7-18)16-21(24)22-12-14-23(15-13-22)28(25,26)20-10-8-19(27-2)9-11-20/h3-11,17H,12-16H2,1-2H3/t17-/m0/s1. The minimum Gasteiger partial charge on any atom is -0.497 e. The van der Waals surface area contributed by atoms with Crippen molar-refractivity contribution in [2.45, 2.75) is 24.2 Å². The topological polar surface area (TPSA) is 66.9 Å². The lowest BCUT2D eigenvalue weighted by Crippen LogP contribution is -2.50. The number of carbonyl (C=O) groups is 1. The van der Waals surface area contributed by atoms with E-state index in [9.17, 15) is 13.2 Å². The molecule has 2 aromatic rings. The summed E-state index contributed by atoms with van der Waals surface area (Å²) in [6.45, 7) is 3.47. The molecule has 0 unspecified atom stereocenters. The lowest BCUT2D eigenvalue weighted by Gasteiger charge is -2.34. The Bertz CT molecular complexity index is 890. The Morgan fingerprint density at radius 1 is 1.00 bits per heavy atom. The summed E-state index contributed by atoms with van der Waals surface area (Å²) in [6.07, 6.45) is 0.426. The van der Waals surface area contributed by atoms with Crippen molar-refractivity contribution in [1.82, 2.24) is 9.21 Å². The van der Waals surface area contributed by atoms with Crippen LogP contribution in [0, 0.1) is 0 Å². The number of amides is 1. The van der Waals surface area contributed by atoms with Crippen LogP contribution in [0.3, 0.4) is 0 Å². The fourth-order valence-electron chi connectivity index (χ4n) is 3.37. The van der Waals surface area contributed by atoms with Gasteiger partial charge in [-0.3, -0.25) is 4.79 Å². The molecule has 0 bridgehead atoms. The number of hydrogen-bond acceptors (Lipinski definition) is 4. The molecule has 28 heavy (non-hydrogen) atoms. The molecule has 1 amide bonds. The predicted molar refractivity (Wildman–Crippen MR) is 108 cm³/mol. The van der Waals surface area contributed by atoms with Crippen LogP contribution in [-0.2, 0) is 14.8 Å². The third-order valence-corrected chi connectivity index (χ3v) is 7.05. The van der Waals surface area contributed by atoms with Crippen LogP contribution >= 0.6 is 0 Å². The Morgan fingerprint density at radius 2 is 1.61 bits per heavy atom. The molecular weight excluding hydrogens is 376 g/mol. The molecule has 0 aliphatic carbocycles. The van der Waals surface area contributed by atoms with Gasteiger partial charge >= 0.3 is 0 Å². The monoisotopic (exact) mass is 402 g/mol. The summed E-state index contributed by atoms with van der Waals surface area (Å²) in [6, 6.07) is 16.3. The van der Waals surface area contributed by atoms with E-state index >= 15 is 0 Å². The third-order valence-electron chi connectivity index (χ3n) is 5.14. The number of piperazine rings is 1. The van der Waals surface area contributed by atoms with E-state index in [4.69, 9.17) is 4.74 Å². The van der Waals surface area contributed by atoms with Gasteiger partial charge < -0.3 is 9.64 Å². The lowest BCUT2D eigenvalue weighted by molar-refractivity contribution is -0.132. The second kappa shape index (κ2) is 8.75. The highest BCUT2D eigenvalue weighted by Gasteiger charge is 2.30. The van der Waals surface area contributed by atoms with Gasteiger partial charge in [-0.15, -0.1) is 0 Å². The third kappa shape index (κ3) is 4.54. The van der Waals surface area contributed by atoms with Gasteiger partial charge in [0, 0.05) is 32.6 Å². The van der Waals surface area contributed by atoms with Crippen molar-refractivity contribution >= 4 is 15.9 Å². The first kappa shape index (κ1) is 20.4. The summed E-state index contributed by atoms with van der Waals surface area (Å²) >= 11 is 0. The normalized spacial score (nSPS) is 16.6. The van der Waals surface area contributed by atoms with Gasteiger partial charge in [0.1, 0.15) is 5.75 Å². The largest absolute Gasteiger partial charge is 0.497 e. The maximum atomic E-state index is 12.8. The first-order valence-electron chi connectivity index (χ1n) is 9.38. The van der Waals surface area contributed by atoms with E-state index in [1.165, 1.54) is 4.31 Å². The molecule has 0 aromatic heterocycles. The molecule has 0 N–H and O–H groups in total. The summed E-state index contributed by atoms with van der Waals surface area (Å²) in [5.41, 5.74) is 1.14. The Morgan fingerprint density at radius 3 is 2.18 bits per heavy atom. The highest BCUT2D eigenvalue weighted by Crippen LogP contribution is 2.23. The van der Waals surface area contributed by atoms with Crippen LogP contribution in [0.15, 0.2) is 59.5 Å². The maximum absolute atomic E-state index is 12.8. The van der Waals surface area contributed by atoms with E-state index < -0.39 is 10.0 Å². The zero-order valence-corrected chi connectivity index (χ0v) is 17.1. The molecule has 1 heterocycles. The van der Waals surface area contributed by atoms with Crippen LogP contribution in [0.25, 0.3) is 0 Å². The fraction of sp³-hybridized carbons (Fsp3) is 0.381. The number of benzene rings is 2. The fourth-order valence-corrected chi connectivity index (χ4v) is 4.79. The number of hydrogen-bond donors (Lipinski definition) is 0. The number of methoxy groups -OCH3 is 1. The SMILES string of the molecule is COc1ccc(S(=O)(=O)N2CCN(C(=O)C[C@H](C)c3ccccc3)CC2)cc1. The van der Waals surface area contributed by atoms with Gasteiger partial charge in [0.2, 0.25) is 15.9 Å². The number of ether oxygens (including phenoxy) is 1. The minimum absolute atomic E-state index is 0.0675. The quantitative estimate of drug-likeness (QED) is 0.745. The van der Waals surface area contributed by atoms with E-state index in [0.717, 1.165) is 5.56 Å². The number of carbonyl (C=O) groups excluding carboxylic acids is 1. The van der Waals surface area contributed by atoms with Crippen molar-refractivity contribution in [3.8, 4) is 5.75 Å². The van der Waals surface area contributed by atoms with Crippen molar-refractivity contribution < 1.29 is 17.9 Å². The summed E-state index contributed by atoms with van der Waals surface area (Å²) in [4.78, 5) is 14.6. The Balaban J connectivity index is 1.58. The van der Waals surface area contributed by atoms with Crippen LogP contribution in [0.5, 0.6) is 5.75 Å². The van der Waals surface area contributed by atoms with Crippen LogP contribution < -0.4 is 4.74 Å². The zero-order chi connectivity index (χ0) is 20.1. The molecule has 150 valence electrons. The van der Waals surface area contributed by atoms with Crippen molar-refractivity contribution in [1.29, 1.82) is 0 Å². The lowest BCUT2D eigenvalue weighted by atomic mass is 9.97. The summed E-state index contributed by atoms with van der Waals surface area (Å²) < 4.78 is 32.1. The van der Waals surface area contributed by atoms with Crippen LogP contribution in [0.1, 0.15) is 24.8 Å². The average Bonchev–Trinajstić information content (AvgIpc) is 2.74. The number of rotatable bonds is 6. The van der Waals surface area contributed by atoms with E-state index in [0.29, 0.717) is 38.3 Å². The smallest absolute Gasteiger partial charge is 0.243 e. The minimum atomic E-state index is -3.56. The van der Waals surface area contributed by atoms with Crippen molar-refractivity contribution in [3.05, 3.63) is 60.2 Å². The molecule has 3 rings (SSSR count). The molecule has 7 heteroatoms. The molecule has 1 fully saturated rings. The summed E-state index contributed by atoms with van der Waals surface area (Å²) in [7, 11) is -2.02. The molecular formula is C21H26N2O4S. The van der Waals surface area contributed by atoms with Crippen LogP contribution in [0.4, 0.5) is 0 Å². The van der Waals surface area contributed by atoms with Crippen molar-refractivity contribution in [2.75, 3.05) is 33.3 Å². The Kier molecular flexibility index (Phi) is 6.36. The molecule has 1 aliphatic heterocycles. The molecule has 1 aliphatic rings. The first-order valence-corrected chi connectivity index (χ1v) is 10.8. The van der Waals surface area contributed by atoms with Gasteiger partial charge in [-0.05, 0) is 35.7 Å². The maximum Gasteiger partial charge on any atom is 0.243 e. The van der Waals surface area contributed by atoms with E-state index in [-0.39, 0.29) is 16.7 Å². The van der Waals surface area contributed by atoms with E-state index in [2.05, 4.69) is 0 Å². The van der Waals surface area contributed by atoms with Gasteiger partial charge in [-0.2, -0.15) is 4.31 Å². The molecule has 0 radical (unpaired) electrons. The van der Waals surface area contributed by atoms with Gasteiger partial charge in [-0.25, -0.2) is 8.42 Å². The molecule has 0 spiro atoms. The second-order valence-corrected chi connectivity index (χ2v) is 8.91. The van der Waals surface area contributed by atoms with Crippen molar-refractivity contribution in [2.24, 2.45) is 0 Å². The highest BCUT2D eigenvalue weighted by molar-refractivity contribution is 7.89. The van der Waals surface area contributed by atoms with Gasteiger partial charge in [0.05, 0.1) is 12.0 Å². The predicted octanol–water partition coefficient (Wildman–Crippen LogP) is 2.72. The number of nitrogens with zero attached hydrogens (tertiary/aromatic N) is 2. The highest BCUT2D eigenvalue weighted by atomic mass is 32.2. The second-order valence-electron chi connectivity index (χ2n) is 6.98. The molecule has 2 aromatic carbocycles. The van der Waals surface area contributed by atoms with Gasteiger partial charge in [0.25, 0.3) is 0 Å². The average molecular weight is 403 g/mol. The molecule has 1 saturated heterocycles. The Hall–Kier alpha value is -2.38. The summed E-state index contributed by atoms with van der Waals surface area (Å²) in [5.74, 6) is 0.814. The van der Waals surface area contributed by atoms with Gasteiger partial charge in [-0.1, -0.05) is 37.3 Å². The molecule has 0 saturated carbocycles. The van der Waals surface area contributed by atoms with E-state index in [1.807, 2.05) is 37.3 Å². The zero-order valence-electron chi connectivity index (χ0n) is 16.2. The molecule has 6 nitrogen and oxygen atoms in total. The first-order chi connectivity index (χ1) is 13.4. The Labute approximate surface area is 166 Å². The molecule has 1 atom stereocenters.